The Kier molecular flexibility index (Phi) is 4.65. The van der Waals surface area contributed by atoms with Gasteiger partial charge in [0.25, 0.3) is 0 Å². The zero-order valence-corrected chi connectivity index (χ0v) is 11.8. The highest BCUT2D eigenvalue weighted by Crippen LogP contribution is 2.46. The van der Waals surface area contributed by atoms with Crippen molar-refractivity contribution in [3.8, 4) is 0 Å². The predicted octanol–water partition coefficient (Wildman–Crippen LogP) is 2.32. The molecule has 0 atom stereocenters. The first-order valence-electron chi connectivity index (χ1n) is 6.35. The van der Waals surface area contributed by atoms with Crippen LogP contribution in [0.4, 0.5) is 0 Å². The summed E-state index contributed by atoms with van der Waals surface area (Å²) >= 11 is 1.24. The topological polar surface area (TPSA) is 68.6 Å². The third-order valence-corrected chi connectivity index (χ3v) is 4.27. The first-order valence-corrected chi connectivity index (χ1v) is 7.29. The average Bonchev–Trinajstić information content (AvgIpc) is 2.89. The van der Waals surface area contributed by atoms with Gasteiger partial charge in [0.05, 0.1) is 31.3 Å². The van der Waals surface area contributed by atoms with Gasteiger partial charge in [-0.15, -0.1) is 0 Å². The summed E-state index contributed by atoms with van der Waals surface area (Å²) in [6, 6.07) is 0. The van der Waals surface area contributed by atoms with Crippen molar-refractivity contribution in [2.24, 2.45) is 5.41 Å². The third-order valence-electron chi connectivity index (χ3n) is 3.84. The lowest BCUT2D eigenvalue weighted by Crippen LogP contribution is -2.43. The highest BCUT2D eigenvalue weighted by atomic mass is 32.2. The summed E-state index contributed by atoms with van der Waals surface area (Å²) in [5.41, 5.74) is 0.625. The smallest absolute Gasteiger partial charge is 0.315 e. The lowest BCUT2D eigenvalue weighted by molar-refractivity contribution is -0.193. The Bertz CT molecular complexity index is 367. The van der Waals surface area contributed by atoms with E-state index in [9.17, 15) is 4.79 Å². The van der Waals surface area contributed by atoms with E-state index in [1.54, 1.807) is 5.41 Å². The molecule has 0 unspecified atom stereocenters. The Hall–Kier alpha value is -0.850. The van der Waals surface area contributed by atoms with Gasteiger partial charge < -0.3 is 19.6 Å². The zero-order valence-electron chi connectivity index (χ0n) is 11.0. The predicted molar refractivity (Wildman–Crippen MR) is 73.1 cm³/mol. The van der Waals surface area contributed by atoms with Crippen LogP contribution in [0.25, 0.3) is 0 Å². The molecule has 0 amide bonds. The minimum absolute atomic E-state index is 0.220. The van der Waals surface area contributed by atoms with E-state index in [1.165, 1.54) is 24.4 Å². The lowest BCUT2D eigenvalue weighted by Gasteiger charge is -2.40. The summed E-state index contributed by atoms with van der Waals surface area (Å²) < 4.78 is 16.3. The summed E-state index contributed by atoms with van der Waals surface area (Å²) in [6.45, 7) is 1.26. The average molecular weight is 285 g/mol. The van der Waals surface area contributed by atoms with E-state index in [-0.39, 0.29) is 5.97 Å². The van der Waals surface area contributed by atoms with Crippen molar-refractivity contribution in [3.63, 3.8) is 0 Å². The Morgan fingerprint density at radius 2 is 1.89 bits per heavy atom. The standard InChI is InChI=1S/C13H19NO4S/c1-16-11(15)12(6-9-19-10-14)2-4-13(5-3-12)17-7-8-18-13/h6,9-10,14H,2-5,7-8H2,1H3. The van der Waals surface area contributed by atoms with Crippen LogP contribution in [0.3, 0.4) is 0 Å². The second kappa shape index (κ2) is 6.07. The van der Waals surface area contributed by atoms with E-state index in [4.69, 9.17) is 19.6 Å². The van der Waals surface area contributed by atoms with Gasteiger partial charge in [-0.25, -0.2) is 0 Å². The van der Waals surface area contributed by atoms with Gasteiger partial charge in [-0.05, 0) is 18.2 Å². The van der Waals surface area contributed by atoms with Crippen LogP contribution in [0, 0.1) is 10.8 Å². The molecule has 0 radical (unpaired) electrons. The number of carbonyl (C=O) groups is 1. The minimum atomic E-state index is -0.606. The molecule has 1 heterocycles. The Morgan fingerprint density at radius 1 is 1.26 bits per heavy atom. The second-order valence-corrected chi connectivity index (χ2v) is 5.59. The van der Waals surface area contributed by atoms with Crippen LogP contribution in [0.5, 0.6) is 0 Å². The largest absolute Gasteiger partial charge is 0.468 e. The molecule has 2 rings (SSSR count). The Labute approximate surface area is 117 Å². The quantitative estimate of drug-likeness (QED) is 0.488. The van der Waals surface area contributed by atoms with Gasteiger partial charge in [-0.1, -0.05) is 17.8 Å². The molecule has 1 saturated heterocycles. The lowest BCUT2D eigenvalue weighted by atomic mass is 9.72. The Balaban J connectivity index is 2.08. The molecule has 1 spiro atoms. The SMILES string of the molecule is COC(=O)C1(C=CSC=N)CCC2(CC1)OCCO2. The normalized spacial score (nSPS) is 24.7. The summed E-state index contributed by atoms with van der Waals surface area (Å²) in [4.78, 5) is 12.1. The number of hydrogen-bond donors (Lipinski definition) is 1. The molecule has 0 bridgehead atoms. The first kappa shape index (κ1) is 14.6. The molecule has 106 valence electrons. The fraction of sp³-hybridized carbons (Fsp3) is 0.692. The van der Waals surface area contributed by atoms with Crippen LogP contribution in [0.15, 0.2) is 11.5 Å². The highest BCUT2D eigenvalue weighted by molar-refractivity contribution is 8.14. The molecule has 5 nitrogen and oxygen atoms in total. The fourth-order valence-electron chi connectivity index (χ4n) is 2.71. The molecular formula is C13H19NO4S. The van der Waals surface area contributed by atoms with Gasteiger partial charge in [0, 0.05) is 12.8 Å². The molecule has 1 N–H and O–H groups in total. The van der Waals surface area contributed by atoms with Gasteiger partial charge in [0.15, 0.2) is 5.79 Å². The summed E-state index contributed by atoms with van der Waals surface area (Å²) in [7, 11) is 1.41. The molecule has 1 aliphatic carbocycles. The number of nitrogens with one attached hydrogen (secondary N) is 1. The van der Waals surface area contributed by atoms with Crippen molar-refractivity contribution in [1.82, 2.24) is 0 Å². The summed E-state index contributed by atoms with van der Waals surface area (Å²) in [5.74, 6) is -0.706. The van der Waals surface area contributed by atoms with Crippen molar-refractivity contribution < 1.29 is 19.0 Å². The maximum atomic E-state index is 12.1. The van der Waals surface area contributed by atoms with Crippen LogP contribution < -0.4 is 0 Å². The van der Waals surface area contributed by atoms with Crippen molar-refractivity contribution >= 4 is 23.3 Å². The maximum Gasteiger partial charge on any atom is 0.315 e. The van der Waals surface area contributed by atoms with Crippen molar-refractivity contribution in [2.75, 3.05) is 20.3 Å². The number of rotatable bonds is 4. The van der Waals surface area contributed by atoms with Gasteiger partial charge in [0.1, 0.15) is 0 Å². The molecule has 6 heteroatoms. The van der Waals surface area contributed by atoms with Gasteiger partial charge in [-0.3, -0.25) is 4.79 Å². The number of carbonyl (C=O) groups excluding carboxylic acids is 1. The number of ether oxygens (including phenoxy) is 3. The van der Waals surface area contributed by atoms with Crippen molar-refractivity contribution in [1.29, 1.82) is 5.41 Å². The molecule has 1 aliphatic heterocycles. The van der Waals surface area contributed by atoms with Crippen molar-refractivity contribution in [3.05, 3.63) is 11.5 Å². The molecule has 2 fully saturated rings. The summed E-state index contributed by atoms with van der Waals surface area (Å²) in [5, 5.41) is 8.77. The number of methoxy groups -OCH3 is 1. The molecule has 0 aromatic rings. The van der Waals surface area contributed by atoms with Crippen LogP contribution in [-0.4, -0.2) is 37.6 Å². The number of esters is 1. The molecule has 19 heavy (non-hydrogen) atoms. The minimum Gasteiger partial charge on any atom is -0.468 e. The monoisotopic (exact) mass is 285 g/mol. The number of hydrogen-bond acceptors (Lipinski definition) is 6. The van der Waals surface area contributed by atoms with E-state index in [0.717, 1.165) is 0 Å². The van der Waals surface area contributed by atoms with Crippen LogP contribution >= 0.6 is 11.8 Å². The fourth-order valence-corrected chi connectivity index (χ4v) is 3.13. The molecule has 0 aromatic heterocycles. The van der Waals surface area contributed by atoms with Crippen molar-refractivity contribution in [2.45, 2.75) is 31.5 Å². The third kappa shape index (κ3) is 3.01. The van der Waals surface area contributed by atoms with E-state index in [0.29, 0.717) is 38.9 Å². The van der Waals surface area contributed by atoms with E-state index >= 15 is 0 Å². The highest BCUT2D eigenvalue weighted by Gasteiger charge is 2.49. The zero-order chi connectivity index (χ0) is 13.8. The molecule has 1 saturated carbocycles. The molecule has 2 aliphatic rings. The van der Waals surface area contributed by atoms with Crippen LogP contribution in [0.1, 0.15) is 25.7 Å². The van der Waals surface area contributed by atoms with Crippen LogP contribution in [0.2, 0.25) is 0 Å². The van der Waals surface area contributed by atoms with Gasteiger partial charge in [-0.2, -0.15) is 0 Å². The number of thioether (sulfide) groups is 1. The Morgan fingerprint density at radius 3 is 2.42 bits per heavy atom. The molecule has 0 aromatic carbocycles. The molecular weight excluding hydrogens is 266 g/mol. The van der Waals surface area contributed by atoms with Crippen LogP contribution in [-0.2, 0) is 19.0 Å². The van der Waals surface area contributed by atoms with Gasteiger partial charge >= 0.3 is 5.97 Å². The van der Waals surface area contributed by atoms with E-state index in [1.807, 2.05) is 6.08 Å². The van der Waals surface area contributed by atoms with Gasteiger partial charge in [0.2, 0.25) is 0 Å². The van der Waals surface area contributed by atoms with E-state index < -0.39 is 11.2 Å². The maximum absolute atomic E-state index is 12.1. The summed E-state index contributed by atoms with van der Waals surface area (Å²) in [6.07, 6.45) is 4.54. The second-order valence-electron chi connectivity index (χ2n) is 4.81. The first-order chi connectivity index (χ1) is 9.16. The van der Waals surface area contributed by atoms with E-state index in [2.05, 4.69) is 0 Å².